The van der Waals surface area contributed by atoms with Crippen LogP contribution in [0.15, 0.2) is 18.2 Å². The molecule has 0 aliphatic carbocycles. The molecule has 146 valence electrons. The Balaban J connectivity index is 1.66. The van der Waals surface area contributed by atoms with Crippen molar-refractivity contribution in [1.82, 2.24) is 10.2 Å². The summed E-state index contributed by atoms with van der Waals surface area (Å²) in [4.78, 5) is 14.6. The Bertz CT molecular complexity index is 544. The number of amides is 1. The Morgan fingerprint density at radius 1 is 1.12 bits per heavy atom. The van der Waals surface area contributed by atoms with Crippen molar-refractivity contribution in [2.75, 3.05) is 40.4 Å². The molecular weight excluding hydrogens is 328 g/mol. The van der Waals surface area contributed by atoms with Crippen molar-refractivity contribution in [3.8, 4) is 11.5 Å². The highest BCUT2D eigenvalue weighted by molar-refractivity contribution is 5.76. The van der Waals surface area contributed by atoms with Gasteiger partial charge in [-0.25, -0.2) is 0 Å². The highest BCUT2D eigenvalue weighted by Gasteiger charge is 2.21. The molecule has 1 aliphatic rings. The quantitative estimate of drug-likeness (QED) is 0.686. The van der Waals surface area contributed by atoms with E-state index in [-0.39, 0.29) is 5.91 Å². The van der Waals surface area contributed by atoms with E-state index in [4.69, 9.17) is 9.47 Å². The van der Waals surface area contributed by atoms with Crippen molar-refractivity contribution in [3.63, 3.8) is 0 Å². The second-order valence-corrected chi connectivity index (χ2v) is 7.63. The van der Waals surface area contributed by atoms with E-state index in [0.717, 1.165) is 48.4 Å². The molecule has 1 saturated heterocycles. The predicted molar refractivity (Wildman–Crippen MR) is 105 cm³/mol. The van der Waals surface area contributed by atoms with Crippen LogP contribution in [0.2, 0.25) is 0 Å². The second kappa shape index (κ2) is 10.4. The maximum absolute atomic E-state index is 12.1. The van der Waals surface area contributed by atoms with Crippen molar-refractivity contribution in [1.29, 1.82) is 0 Å². The minimum Gasteiger partial charge on any atom is -0.497 e. The van der Waals surface area contributed by atoms with Crippen molar-refractivity contribution in [3.05, 3.63) is 23.8 Å². The van der Waals surface area contributed by atoms with Crippen molar-refractivity contribution >= 4 is 5.91 Å². The van der Waals surface area contributed by atoms with Gasteiger partial charge >= 0.3 is 0 Å². The van der Waals surface area contributed by atoms with Gasteiger partial charge in [0.05, 0.1) is 14.2 Å². The Morgan fingerprint density at radius 2 is 1.73 bits per heavy atom. The molecule has 0 radical (unpaired) electrons. The molecule has 1 N–H and O–H groups in total. The molecule has 1 aliphatic heterocycles. The van der Waals surface area contributed by atoms with Gasteiger partial charge < -0.3 is 19.7 Å². The number of ether oxygens (including phenoxy) is 2. The van der Waals surface area contributed by atoms with E-state index >= 15 is 0 Å². The third kappa shape index (κ3) is 6.87. The SMILES string of the molecule is COc1cc(CCC(=O)NCCCN2C[C@H](C)C[C@H](C)C2)cc(OC)c1. The molecule has 1 heterocycles. The monoisotopic (exact) mass is 362 g/mol. The van der Waals surface area contributed by atoms with Crippen LogP contribution in [0.3, 0.4) is 0 Å². The topological polar surface area (TPSA) is 50.8 Å². The predicted octanol–water partition coefficient (Wildman–Crippen LogP) is 3.12. The number of rotatable bonds is 9. The first kappa shape index (κ1) is 20.6. The summed E-state index contributed by atoms with van der Waals surface area (Å²) >= 11 is 0. The Labute approximate surface area is 158 Å². The molecule has 5 heteroatoms. The van der Waals surface area contributed by atoms with E-state index < -0.39 is 0 Å². The number of carbonyl (C=O) groups is 1. The molecule has 5 nitrogen and oxygen atoms in total. The molecule has 0 unspecified atom stereocenters. The first-order chi connectivity index (χ1) is 12.5. The van der Waals surface area contributed by atoms with E-state index in [1.165, 1.54) is 19.5 Å². The van der Waals surface area contributed by atoms with Gasteiger partial charge in [0.1, 0.15) is 11.5 Å². The third-order valence-electron chi connectivity index (χ3n) is 4.97. The molecule has 1 aromatic rings. The Kier molecular flexibility index (Phi) is 8.23. The van der Waals surface area contributed by atoms with E-state index in [1.807, 2.05) is 18.2 Å². The number of nitrogens with one attached hydrogen (secondary N) is 1. The lowest BCUT2D eigenvalue weighted by Crippen LogP contribution is -2.40. The Morgan fingerprint density at radius 3 is 2.31 bits per heavy atom. The summed E-state index contributed by atoms with van der Waals surface area (Å²) in [6, 6.07) is 5.74. The number of likely N-dealkylation sites (tertiary alicyclic amines) is 1. The van der Waals surface area contributed by atoms with Gasteiger partial charge in [0, 0.05) is 32.1 Å². The van der Waals surface area contributed by atoms with E-state index in [2.05, 4.69) is 24.1 Å². The Hall–Kier alpha value is -1.75. The normalized spacial score (nSPS) is 20.6. The van der Waals surface area contributed by atoms with Crippen molar-refractivity contribution in [2.45, 2.75) is 39.5 Å². The highest BCUT2D eigenvalue weighted by atomic mass is 16.5. The second-order valence-electron chi connectivity index (χ2n) is 7.63. The third-order valence-corrected chi connectivity index (χ3v) is 4.97. The van der Waals surface area contributed by atoms with Gasteiger partial charge in [-0.3, -0.25) is 4.79 Å². The van der Waals surface area contributed by atoms with E-state index in [1.54, 1.807) is 14.2 Å². The van der Waals surface area contributed by atoms with Crippen LogP contribution in [-0.2, 0) is 11.2 Å². The van der Waals surface area contributed by atoms with Crippen LogP contribution in [0, 0.1) is 11.8 Å². The zero-order valence-electron chi connectivity index (χ0n) is 16.7. The molecule has 2 rings (SSSR count). The fraction of sp³-hybridized carbons (Fsp3) is 0.667. The highest BCUT2D eigenvalue weighted by Crippen LogP contribution is 2.23. The molecule has 1 fully saturated rings. The molecule has 0 bridgehead atoms. The fourth-order valence-electron chi connectivity index (χ4n) is 3.86. The van der Waals surface area contributed by atoms with Crippen molar-refractivity contribution in [2.24, 2.45) is 11.8 Å². The first-order valence-electron chi connectivity index (χ1n) is 9.71. The zero-order valence-corrected chi connectivity index (χ0v) is 16.7. The van der Waals surface area contributed by atoms with Crippen LogP contribution in [0.4, 0.5) is 0 Å². The molecule has 0 aromatic heterocycles. The van der Waals surface area contributed by atoms with Crippen LogP contribution < -0.4 is 14.8 Å². The smallest absolute Gasteiger partial charge is 0.220 e. The summed E-state index contributed by atoms with van der Waals surface area (Å²) in [5.74, 6) is 3.18. The number of hydrogen-bond donors (Lipinski definition) is 1. The standard InChI is InChI=1S/C21H34N2O3/c1-16-10-17(2)15-23(14-16)9-5-8-22-21(24)7-6-18-11-19(25-3)13-20(12-18)26-4/h11-13,16-17H,5-10,14-15H2,1-4H3,(H,22,24)/t16-,17+. The number of methoxy groups -OCH3 is 2. The summed E-state index contributed by atoms with van der Waals surface area (Å²) in [5, 5.41) is 3.04. The summed E-state index contributed by atoms with van der Waals surface area (Å²) in [7, 11) is 3.27. The van der Waals surface area contributed by atoms with Gasteiger partial charge in [0.2, 0.25) is 5.91 Å². The average molecular weight is 363 g/mol. The summed E-state index contributed by atoms with van der Waals surface area (Å²) in [6.45, 7) is 8.86. The van der Waals surface area contributed by atoms with Gasteiger partial charge in [-0.15, -0.1) is 0 Å². The maximum Gasteiger partial charge on any atom is 0.220 e. The van der Waals surface area contributed by atoms with Gasteiger partial charge in [0.15, 0.2) is 0 Å². The minimum absolute atomic E-state index is 0.104. The number of benzene rings is 1. The lowest BCUT2D eigenvalue weighted by molar-refractivity contribution is -0.121. The molecule has 0 saturated carbocycles. The van der Waals surface area contributed by atoms with Gasteiger partial charge in [-0.1, -0.05) is 13.8 Å². The number of nitrogens with zero attached hydrogens (tertiary/aromatic N) is 1. The lowest BCUT2D eigenvalue weighted by Gasteiger charge is -2.34. The molecule has 1 aromatic carbocycles. The first-order valence-corrected chi connectivity index (χ1v) is 9.71. The molecule has 1 amide bonds. The minimum atomic E-state index is 0.104. The number of hydrogen-bond acceptors (Lipinski definition) is 4. The molecule has 2 atom stereocenters. The largest absolute Gasteiger partial charge is 0.497 e. The van der Waals surface area contributed by atoms with E-state index in [0.29, 0.717) is 12.8 Å². The summed E-state index contributed by atoms with van der Waals surface area (Å²) in [6.07, 6.45) is 3.51. The van der Waals surface area contributed by atoms with Crippen molar-refractivity contribution < 1.29 is 14.3 Å². The van der Waals surface area contributed by atoms with Crippen LogP contribution in [0.5, 0.6) is 11.5 Å². The molecule has 0 spiro atoms. The van der Waals surface area contributed by atoms with Gasteiger partial charge in [-0.2, -0.15) is 0 Å². The zero-order chi connectivity index (χ0) is 18.9. The maximum atomic E-state index is 12.1. The summed E-state index contributed by atoms with van der Waals surface area (Å²) in [5.41, 5.74) is 1.05. The van der Waals surface area contributed by atoms with E-state index in [9.17, 15) is 4.79 Å². The van der Waals surface area contributed by atoms with Crippen LogP contribution in [-0.4, -0.2) is 51.2 Å². The summed E-state index contributed by atoms with van der Waals surface area (Å²) < 4.78 is 10.5. The van der Waals surface area contributed by atoms with Gasteiger partial charge in [0.25, 0.3) is 0 Å². The molecule has 26 heavy (non-hydrogen) atoms. The van der Waals surface area contributed by atoms with Gasteiger partial charge in [-0.05, 0) is 55.3 Å². The fourth-order valence-corrected chi connectivity index (χ4v) is 3.86. The number of piperidine rings is 1. The number of carbonyl (C=O) groups excluding carboxylic acids is 1. The lowest BCUT2D eigenvalue weighted by atomic mass is 9.92. The van der Waals surface area contributed by atoms with Crippen LogP contribution in [0.25, 0.3) is 0 Å². The average Bonchev–Trinajstić information content (AvgIpc) is 2.62. The van der Waals surface area contributed by atoms with Crippen LogP contribution in [0.1, 0.15) is 38.7 Å². The molecular formula is C21H34N2O3. The van der Waals surface area contributed by atoms with Crippen LogP contribution >= 0.6 is 0 Å². The number of aryl methyl sites for hydroxylation is 1.